The number of nitrogens with one attached hydrogen (secondary N) is 1. The molecule has 2 aromatic rings. The lowest BCUT2D eigenvalue weighted by Gasteiger charge is -2.34. The predicted octanol–water partition coefficient (Wildman–Crippen LogP) is -0.150. The van der Waals surface area contributed by atoms with E-state index in [1.54, 1.807) is 12.5 Å². The van der Waals surface area contributed by atoms with Gasteiger partial charge in [0.1, 0.15) is 18.0 Å². The first kappa shape index (κ1) is 16.7. The minimum atomic E-state index is -3.25. The fourth-order valence-electron chi connectivity index (χ4n) is 2.72. The Morgan fingerprint density at radius 1 is 1.38 bits per heavy atom. The van der Waals surface area contributed by atoms with Crippen molar-refractivity contribution >= 4 is 21.7 Å². The van der Waals surface area contributed by atoms with E-state index in [-0.39, 0.29) is 12.6 Å². The van der Waals surface area contributed by atoms with Crippen molar-refractivity contribution < 1.29 is 8.42 Å². The molecule has 1 unspecified atom stereocenters. The fourth-order valence-corrected chi connectivity index (χ4v) is 3.21. The Labute approximate surface area is 141 Å². The molecular weight excluding hydrogens is 330 g/mol. The van der Waals surface area contributed by atoms with Crippen LogP contribution in [0, 0.1) is 0 Å². The van der Waals surface area contributed by atoms with Gasteiger partial charge < -0.3 is 9.80 Å². The molecule has 1 aliphatic rings. The third-order valence-electron chi connectivity index (χ3n) is 3.88. The Morgan fingerprint density at radius 3 is 2.88 bits per heavy atom. The van der Waals surface area contributed by atoms with E-state index in [9.17, 15) is 8.42 Å². The van der Waals surface area contributed by atoms with E-state index in [4.69, 9.17) is 0 Å². The molecule has 0 spiro atoms. The molecule has 3 rings (SSSR count). The molecule has 0 bridgehead atoms. The Kier molecular flexibility index (Phi) is 4.41. The molecule has 0 radical (unpaired) electrons. The van der Waals surface area contributed by atoms with Crippen LogP contribution in [0.1, 0.15) is 11.7 Å². The topological polar surface area (TPSA) is 96.2 Å². The number of rotatable bonds is 5. The highest BCUT2D eigenvalue weighted by Gasteiger charge is 2.27. The standard InChI is InChI=1S/C14H21N7O2S/c1-19(2)13-6-14(16-10-15-13)20-8-11-4-5-17-21(11)12(9-20)7-18-24(3,22)23/h4-6,10,12,18H,7-9H2,1-3H3. The minimum absolute atomic E-state index is 0.101. The first-order chi connectivity index (χ1) is 11.3. The zero-order valence-electron chi connectivity index (χ0n) is 13.9. The lowest BCUT2D eigenvalue weighted by molar-refractivity contribution is 0.394. The van der Waals surface area contributed by atoms with Gasteiger partial charge in [-0.05, 0) is 6.07 Å². The molecule has 0 fully saturated rings. The number of anilines is 2. The van der Waals surface area contributed by atoms with Crippen LogP contribution < -0.4 is 14.5 Å². The Hall–Kier alpha value is -2.20. The van der Waals surface area contributed by atoms with Gasteiger partial charge in [-0.25, -0.2) is 23.1 Å². The second-order valence-corrected chi connectivity index (χ2v) is 7.88. The molecule has 9 nitrogen and oxygen atoms in total. The van der Waals surface area contributed by atoms with Crippen LogP contribution >= 0.6 is 0 Å². The summed E-state index contributed by atoms with van der Waals surface area (Å²) in [5, 5.41) is 4.33. The van der Waals surface area contributed by atoms with Gasteiger partial charge in [-0.1, -0.05) is 0 Å². The van der Waals surface area contributed by atoms with E-state index >= 15 is 0 Å². The average molecular weight is 351 g/mol. The van der Waals surface area contributed by atoms with Gasteiger partial charge in [-0.2, -0.15) is 5.10 Å². The molecule has 0 aliphatic carbocycles. The van der Waals surface area contributed by atoms with Crippen LogP contribution in [0.3, 0.4) is 0 Å². The maximum atomic E-state index is 11.4. The molecule has 24 heavy (non-hydrogen) atoms. The van der Waals surface area contributed by atoms with Gasteiger partial charge in [0.05, 0.1) is 24.5 Å². The van der Waals surface area contributed by atoms with Gasteiger partial charge in [-0.15, -0.1) is 0 Å². The highest BCUT2D eigenvalue weighted by Crippen LogP contribution is 2.25. The van der Waals surface area contributed by atoms with E-state index in [0.717, 1.165) is 23.6 Å². The number of fused-ring (bicyclic) bond motifs is 1. The summed E-state index contributed by atoms with van der Waals surface area (Å²) in [4.78, 5) is 12.6. The predicted molar refractivity (Wildman–Crippen MR) is 91.5 cm³/mol. The molecule has 0 amide bonds. The maximum Gasteiger partial charge on any atom is 0.208 e. The number of hydrogen-bond donors (Lipinski definition) is 1. The van der Waals surface area contributed by atoms with Gasteiger partial charge in [0.2, 0.25) is 10.0 Å². The van der Waals surface area contributed by atoms with E-state index in [1.807, 2.05) is 35.8 Å². The molecule has 1 aliphatic heterocycles. The molecule has 1 N–H and O–H groups in total. The number of aromatic nitrogens is 4. The maximum absolute atomic E-state index is 11.4. The van der Waals surface area contributed by atoms with Gasteiger partial charge in [0.25, 0.3) is 0 Å². The number of sulfonamides is 1. The summed E-state index contributed by atoms with van der Waals surface area (Å²) in [6.07, 6.45) is 4.43. The summed E-state index contributed by atoms with van der Waals surface area (Å²) in [7, 11) is 0.603. The van der Waals surface area contributed by atoms with Crippen molar-refractivity contribution in [2.75, 3.05) is 43.2 Å². The second-order valence-electron chi connectivity index (χ2n) is 6.05. The van der Waals surface area contributed by atoms with E-state index in [2.05, 4.69) is 24.7 Å². The molecule has 1 atom stereocenters. The highest BCUT2D eigenvalue weighted by atomic mass is 32.2. The molecule has 2 aromatic heterocycles. The third-order valence-corrected chi connectivity index (χ3v) is 4.57. The normalized spacial score (nSPS) is 17.6. The average Bonchev–Trinajstić information content (AvgIpc) is 3.00. The molecule has 0 aromatic carbocycles. The van der Waals surface area contributed by atoms with Crippen LogP contribution in [0.5, 0.6) is 0 Å². The molecule has 10 heteroatoms. The zero-order chi connectivity index (χ0) is 17.3. The van der Waals surface area contributed by atoms with Crippen molar-refractivity contribution in [2.24, 2.45) is 0 Å². The zero-order valence-corrected chi connectivity index (χ0v) is 14.7. The highest BCUT2D eigenvalue weighted by molar-refractivity contribution is 7.88. The smallest absolute Gasteiger partial charge is 0.208 e. The summed E-state index contributed by atoms with van der Waals surface area (Å²) in [6, 6.07) is 3.76. The van der Waals surface area contributed by atoms with Crippen LogP contribution in [0.25, 0.3) is 0 Å². The molecular formula is C14H21N7O2S. The van der Waals surface area contributed by atoms with Gasteiger partial charge >= 0.3 is 0 Å². The summed E-state index contributed by atoms with van der Waals surface area (Å²) in [5.41, 5.74) is 1.02. The van der Waals surface area contributed by atoms with Crippen molar-refractivity contribution in [3.63, 3.8) is 0 Å². The summed E-state index contributed by atoms with van der Waals surface area (Å²) in [6.45, 7) is 1.57. The van der Waals surface area contributed by atoms with Crippen molar-refractivity contribution in [3.8, 4) is 0 Å². The van der Waals surface area contributed by atoms with Crippen molar-refractivity contribution in [3.05, 3.63) is 30.4 Å². The SMILES string of the molecule is CN(C)c1cc(N2Cc3ccnn3C(CNS(C)(=O)=O)C2)ncn1. The van der Waals surface area contributed by atoms with Crippen LogP contribution in [-0.2, 0) is 16.6 Å². The lowest BCUT2D eigenvalue weighted by Crippen LogP contribution is -2.43. The number of hydrogen-bond acceptors (Lipinski definition) is 7. The van der Waals surface area contributed by atoms with Crippen molar-refractivity contribution in [1.82, 2.24) is 24.5 Å². The summed E-state index contributed by atoms with van der Waals surface area (Å²) < 4.78 is 27.3. The van der Waals surface area contributed by atoms with Crippen molar-refractivity contribution in [2.45, 2.75) is 12.6 Å². The Balaban J connectivity index is 1.85. The first-order valence-corrected chi connectivity index (χ1v) is 9.44. The van der Waals surface area contributed by atoms with Gasteiger partial charge in [0, 0.05) is 39.4 Å². The van der Waals surface area contributed by atoms with E-state index < -0.39 is 10.0 Å². The van der Waals surface area contributed by atoms with Gasteiger partial charge in [0.15, 0.2) is 0 Å². The number of nitrogens with zero attached hydrogens (tertiary/aromatic N) is 6. The molecule has 3 heterocycles. The minimum Gasteiger partial charge on any atom is -0.363 e. The van der Waals surface area contributed by atoms with Crippen molar-refractivity contribution in [1.29, 1.82) is 0 Å². The van der Waals surface area contributed by atoms with Crippen LogP contribution in [-0.4, -0.2) is 61.6 Å². The first-order valence-electron chi connectivity index (χ1n) is 7.55. The lowest BCUT2D eigenvalue weighted by atomic mass is 10.2. The molecule has 0 saturated heterocycles. The van der Waals surface area contributed by atoms with Gasteiger partial charge in [-0.3, -0.25) is 4.68 Å². The Morgan fingerprint density at radius 2 is 2.17 bits per heavy atom. The van der Waals surface area contributed by atoms with Crippen LogP contribution in [0.2, 0.25) is 0 Å². The monoisotopic (exact) mass is 351 g/mol. The largest absolute Gasteiger partial charge is 0.363 e. The summed E-state index contributed by atoms with van der Waals surface area (Å²) >= 11 is 0. The molecule has 0 saturated carbocycles. The Bertz CT molecular complexity index is 818. The summed E-state index contributed by atoms with van der Waals surface area (Å²) in [5.74, 6) is 1.63. The second kappa shape index (κ2) is 6.36. The van der Waals surface area contributed by atoms with E-state index in [1.165, 1.54) is 0 Å². The quantitative estimate of drug-likeness (QED) is 0.800. The van der Waals surface area contributed by atoms with Crippen LogP contribution in [0.4, 0.5) is 11.6 Å². The van der Waals surface area contributed by atoms with Crippen LogP contribution in [0.15, 0.2) is 24.7 Å². The molecule has 130 valence electrons. The third kappa shape index (κ3) is 3.65. The fraction of sp³-hybridized carbons (Fsp3) is 0.500. The van der Waals surface area contributed by atoms with E-state index in [0.29, 0.717) is 13.1 Å².